The van der Waals surface area contributed by atoms with Crippen LogP contribution in [0.2, 0.25) is 0 Å². The van der Waals surface area contributed by atoms with Crippen LogP contribution >= 0.6 is 11.3 Å². The van der Waals surface area contributed by atoms with Crippen LogP contribution < -0.4 is 5.32 Å². The molecule has 1 N–H and O–H groups in total. The van der Waals surface area contributed by atoms with Gasteiger partial charge >= 0.3 is 0 Å². The molecule has 1 aliphatic carbocycles. The molecule has 4 rings (SSSR count). The number of aryl methyl sites for hydroxylation is 2. The van der Waals surface area contributed by atoms with Crippen molar-refractivity contribution >= 4 is 23.2 Å². The molecule has 7 nitrogen and oxygen atoms in total. The highest BCUT2D eigenvalue weighted by Gasteiger charge is 2.28. The summed E-state index contributed by atoms with van der Waals surface area (Å²) < 4.78 is 7.20. The number of rotatable bonds is 6. The van der Waals surface area contributed by atoms with E-state index in [1.54, 1.807) is 17.5 Å². The van der Waals surface area contributed by atoms with E-state index in [2.05, 4.69) is 10.4 Å². The summed E-state index contributed by atoms with van der Waals surface area (Å²) in [6.45, 7) is 4.00. The van der Waals surface area contributed by atoms with Crippen LogP contribution in [-0.2, 0) is 28.9 Å². The summed E-state index contributed by atoms with van der Waals surface area (Å²) in [5, 5.41) is 7.23. The molecule has 0 spiro atoms. The van der Waals surface area contributed by atoms with E-state index in [1.165, 1.54) is 10.4 Å². The lowest BCUT2D eigenvalue weighted by Crippen LogP contribution is -2.40. The Labute approximate surface area is 168 Å². The molecule has 0 bridgehead atoms. The van der Waals surface area contributed by atoms with Crippen molar-refractivity contribution in [2.45, 2.75) is 32.2 Å². The molecular weight excluding hydrogens is 376 g/mol. The van der Waals surface area contributed by atoms with E-state index >= 15 is 0 Å². The van der Waals surface area contributed by atoms with Gasteiger partial charge in [-0.3, -0.25) is 14.3 Å². The summed E-state index contributed by atoms with van der Waals surface area (Å²) >= 11 is 1.60. The van der Waals surface area contributed by atoms with Crippen molar-refractivity contribution in [1.82, 2.24) is 20.0 Å². The van der Waals surface area contributed by atoms with Crippen LogP contribution in [0.25, 0.3) is 0 Å². The minimum absolute atomic E-state index is 0.00172. The summed E-state index contributed by atoms with van der Waals surface area (Å²) in [6, 6.07) is 3.91. The van der Waals surface area contributed by atoms with Crippen molar-refractivity contribution in [1.29, 1.82) is 0 Å². The topological polar surface area (TPSA) is 76.5 Å². The Morgan fingerprint density at radius 3 is 2.96 bits per heavy atom. The molecule has 28 heavy (non-hydrogen) atoms. The van der Waals surface area contributed by atoms with Crippen molar-refractivity contribution < 1.29 is 14.3 Å². The number of hydrogen-bond acceptors (Lipinski definition) is 5. The Morgan fingerprint density at radius 2 is 2.18 bits per heavy atom. The maximum absolute atomic E-state index is 12.7. The fraction of sp³-hybridized carbons (Fsp3) is 0.550. The number of nitrogens with one attached hydrogen (secondary N) is 1. The lowest BCUT2D eigenvalue weighted by molar-refractivity contribution is -0.125. The van der Waals surface area contributed by atoms with E-state index in [4.69, 9.17) is 4.74 Å². The van der Waals surface area contributed by atoms with Gasteiger partial charge in [-0.2, -0.15) is 5.10 Å². The third-order valence-corrected chi connectivity index (χ3v) is 6.61. The van der Waals surface area contributed by atoms with E-state index in [1.807, 2.05) is 27.9 Å². The monoisotopic (exact) mass is 402 g/mol. The highest BCUT2D eigenvalue weighted by molar-refractivity contribution is 7.14. The third kappa shape index (κ3) is 4.44. The number of morpholine rings is 1. The van der Waals surface area contributed by atoms with Crippen LogP contribution in [0.5, 0.6) is 0 Å². The molecule has 2 aromatic heterocycles. The van der Waals surface area contributed by atoms with Crippen molar-refractivity contribution in [3.63, 3.8) is 0 Å². The summed E-state index contributed by atoms with van der Waals surface area (Å²) in [5.74, 6) is 0.221. The first kappa shape index (κ1) is 19.1. The normalized spacial score (nSPS) is 19.3. The molecule has 1 aliphatic heterocycles. The van der Waals surface area contributed by atoms with Gasteiger partial charge in [-0.15, -0.1) is 11.3 Å². The Balaban J connectivity index is 1.28. The largest absolute Gasteiger partial charge is 0.378 e. The van der Waals surface area contributed by atoms with E-state index in [0.717, 1.165) is 37.1 Å². The zero-order chi connectivity index (χ0) is 19.3. The summed E-state index contributed by atoms with van der Waals surface area (Å²) in [5.41, 5.74) is 1.17. The number of amides is 2. The minimum atomic E-state index is -0.00172. The molecule has 0 radical (unpaired) electrons. The molecule has 1 fully saturated rings. The highest BCUT2D eigenvalue weighted by atomic mass is 32.1. The zero-order valence-corrected chi connectivity index (χ0v) is 16.7. The average molecular weight is 403 g/mol. The number of carbonyl (C=O) groups is 2. The molecule has 0 saturated carbocycles. The van der Waals surface area contributed by atoms with Gasteiger partial charge in [0.1, 0.15) is 0 Å². The summed E-state index contributed by atoms with van der Waals surface area (Å²) in [4.78, 5) is 29.2. The number of fused-ring (bicyclic) bond motifs is 1. The van der Waals surface area contributed by atoms with E-state index < -0.39 is 0 Å². The van der Waals surface area contributed by atoms with Gasteiger partial charge in [0.15, 0.2) is 0 Å². The van der Waals surface area contributed by atoms with Gasteiger partial charge in [0.2, 0.25) is 5.91 Å². The maximum Gasteiger partial charge on any atom is 0.264 e. The van der Waals surface area contributed by atoms with Gasteiger partial charge in [-0.05, 0) is 43.4 Å². The molecule has 2 amide bonds. The van der Waals surface area contributed by atoms with Crippen molar-refractivity contribution in [3.05, 3.63) is 39.8 Å². The smallest absolute Gasteiger partial charge is 0.264 e. The number of aromatic nitrogens is 2. The van der Waals surface area contributed by atoms with Crippen molar-refractivity contribution in [2.24, 2.45) is 5.92 Å². The Morgan fingerprint density at radius 1 is 1.32 bits per heavy atom. The second-order valence-electron chi connectivity index (χ2n) is 7.32. The van der Waals surface area contributed by atoms with Crippen molar-refractivity contribution in [3.8, 4) is 0 Å². The standard InChI is InChI=1S/C20H26N4O3S/c25-19(21-5-1-7-24-8-2-6-22-24)15-3-4-17-16(13-15)14-18(28-17)20(26)23-9-11-27-12-10-23/h2,6,8,14-15H,1,3-5,7,9-13H2,(H,21,25)/t15-/m0/s1. The molecule has 2 aromatic rings. The Hall–Kier alpha value is -2.19. The first-order chi connectivity index (χ1) is 13.7. The minimum Gasteiger partial charge on any atom is -0.378 e. The van der Waals surface area contributed by atoms with Crippen LogP contribution in [-0.4, -0.2) is 59.3 Å². The SMILES string of the molecule is O=C(NCCCn1cccn1)[C@H]1CCc2sc(C(=O)N3CCOCC3)cc2C1. The number of nitrogens with zero attached hydrogens (tertiary/aromatic N) is 3. The van der Waals surface area contributed by atoms with Gasteiger partial charge in [-0.25, -0.2) is 0 Å². The highest BCUT2D eigenvalue weighted by Crippen LogP contribution is 2.33. The number of hydrogen-bond donors (Lipinski definition) is 1. The lowest BCUT2D eigenvalue weighted by Gasteiger charge is -2.26. The van der Waals surface area contributed by atoms with Gasteiger partial charge in [0.25, 0.3) is 5.91 Å². The molecule has 3 heterocycles. The fourth-order valence-electron chi connectivity index (χ4n) is 3.80. The summed E-state index contributed by atoms with van der Waals surface area (Å²) in [7, 11) is 0. The number of carbonyl (C=O) groups excluding carboxylic acids is 2. The van der Waals surface area contributed by atoms with E-state index in [9.17, 15) is 9.59 Å². The van der Waals surface area contributed by atoms with Crippen LogP contribution in [0.1, 0.15) is 33.0 Å². The molecule has 150 valence electrons. The number of ether oxygens (including phenoxy) is 1. The third-order valence-electron chi connectivity index (χ3n) is 5.39. The Kier molecular flexibility index (Phi) is 6.07. The first-order valence-electron chi connectivity index (χ1n) is 9.94. The number of thiophene rings is 1. The van der Waals surface area contributed by atoms with E-state index in [0.29, 0.717) is 32.8 Å². The van der Waals surface area contributed by atoms with Crippen LogP contribution in [0.3, 0.4) is 0 Å². The van der Waals surface area contributed by atoms with Crippen LogP contribution in [0.4, 0.5) is 0 Å². The average Bonchev–Trinajstić information content (AvgIpc) is 3.40. The quantitative estimate of drug-likeness (QED) is 0.747. The molecule has 0 aromatic carbocycles. The molecular formula is C20H26N4O3S. The predicted octanol–water partition coefficient (Wildman–Crippen LogP) is 1.73. The zero-order valence-electron chi connectivity index (χ0n) is 15.9. The molecule has 0 unspecified atom stereocenters. The van der Waals surface area contributed by atoms with Crippen LogP contribution in [0, 0.1) is 5.92 Å². The van der Waals surface area contributed by atoms with Gasteiger partial charge in [0, 0.05) is 49.4 Å². The maximum atomic E-state index is 12.7. The van der Waals surface area contributed by atoms with Gasteiger partial charge in [0.05, 0.1) is 18.1 Å². The van der Waals surface area contributed by atoms with Gasteiger partial charge in [-0.1, -0.05) is 0 Å². The second-order valence-corrected chi connectivity index (χ2v) is 8.45. The molecule has 1 atom stereocenters. The fourth-order valence-corrected chi connectivity index (χ4v) is 4.98. The molecule has 8 heteroatoms. The van der Waals surface area contributed by atoms with Crippen LogP contribution in [0.15, 0.2) is 24.5 Å². The Bertz CT molecular complexity index is 812. The first-order valence-corrected chi connectivity index (χ1v) is 10.8. The molecule has 2 aliphatic rings. The summed E-state index contributed by atoms with van der Waals surface area (Å²) in [6.07, 6.45) is 7.01. The van der Waals surface area contributed by atoms with Gasteiger partial charge < -0.3 is 15.0 Å². The predicted molar refractivity (Wildman–Crippen MR) is 106 cm³/mol. The molecule has 1 saturated heterocycles. The van der Waals surface area contributed by atoms with Crippen molar-refractivity contribution in [2.75, 3.05) is 32.8 Å². The second kappa shape index (κ2) is 8.87. The lowest BCUT2D eigenvalue weighted by atomic mass is 9.87. The van der Waals surface area contributed by atoms with E-state index in [-0.39, 0.29) is 17.7 Å².